The summed E-state index contributed by atoms with van der Waals surface area (Å²) in [6, 6.07) is 8.14. The number of ether oxygens (including phenoxy) is 1. The van der Waals surface area contributed by atoms with E-state index in [1.54, 1.807) is 0 Å². The quantitative estimate of drug-likeness (QED) is 0.804. The summed E-state index contributed by atoms with van der Waals surface area (Å²) in [7, 11) is 0. The molecule has 1 saturated heterocycles. The zero-order valence-corrected chi connectivity index (χ0v) is 10.6. The molecule has 0 unspecified atom stereocenters. The Kier molecular flexibility index (Phi) is 3.52. The van der Waals surface area contributed by atoms with Crippen LogP contribution in [0.1, 0.15) is 37.2 Å². The third kappa shape index (κ3) is 2.38. The Balaban J connectivity index is 1.54. The Morgan fingerprint density at radius 2 is 1.67 bits per heavy atom. The molecule has 1 aromatic rings. The van der Waals surface area contributed by atoms with Crippen LogP contribution in [0, 0.1) is 11.8 Å². The van der Waals surface area contributed by atoms with Crippen molar-refractivity contribution in [2.75, 3.05) is 18.7 Å². The number of rotatable bonds is 3. The van der Waals surface area contributed by atoms with Crippen molar-refractivity contribution < 1.29 is 9.94 Å². The average Bonchev–Trinajstić information content (AvgIpc) is 2.39. The Morgan fingerprint density at radius 1 is 1.00 bits per heavy atom. The van der Waals surface area contributed by atoms with Crippen molar-refractivity contribution in [3.8, 4) is 0 Å². The van der Waals surface area contributed by atoms with E-state index in [9.17, 15) is 0 Å². The average molecular weight is 247 g/mol. The van der Waals surface area contributed by atoms with Gasteiger partial charge in [0.25, 0.3) is 0 Å². The van der Waals surface area contributed by atoms with Crippen molar-refractivity contribution in [2.45, 2.75) is 31.6 Å². The fraction of sp³-hybridized carbons (Fsp3) is 0.600. The van der Waals surface area contributed by atoms with Crippen LogP contribution in [0.4, 0.5) is 5.69 Å². The highest BCUT2D eigenvalue weighted by Crippen LogP contribution is 2.47. The molecule has 1 aliphatic carbocycles. The van der Waals surface area contributed by atoms with Crippen LogP contribution in [0.5, 0.6) is 0 Å². The molecule has 1 aromatic carbocycles. The number of hydrogen-bond acceptors (Lipinski definition) is 3. The van der Waals surface area contributed by atoms with Crippen LogP contribution >= 0.6 is 0 Å². The highest BCUT2D eigenvalue weighted by atomic mass is 16.5. The van der Waals surface area contributed by atoms with Crippen molar-refractivity contribution in [2.24, 2.45) is 11.8 Å². The second kappa shape index (κ2) is 5.29. The number of hydrogen-bond donors (Lipinski definition) is 2. The van der Waals surface area contributed by atoms with Crippen LogP contribution in [-0.2, 0) is 4.74 Å². The molecule has 2 aliphatic rings. The van der Waals surface area contributed by atoms with E-state index in [-0.39, 0.29) is 0 Å². The minimum atomic E-state index is 0.727. The number of anilines is 1. The normalized spacial score (nSPS) is 28.7. The van der Waals surface area contributed by atoms with E-state index < -0.39 is 0 Å². The van der Waals surface area contributed by atoms with Gasteiger partial charge in [0.2, 0.25) is 0 Å². The Labute approximate surface area is 108 Å². The molecular weight excluding hydrogens is 226 g/mol. The SMILES string of the molecule is ONc1ccc(C2CC(C3CCOCC3)C2)cc1. The zero-order valence-electron chi connectivity index (χ0n) is 10.6. The lowest BCUT2D eigenvalue weighted by atomic mass is 9.64. The Hall–Kier alpha value is -1.06. The molecule has 0 atom stereocenters. The van der Waals surface area contributed by atoms with Crippen molar-refractivity contribution in [1.82, 2.24) is 0 Å². The van der Waals surface area contributed by atoms with Crippen LogP contribution in [0.15, 0.2) is 24.3 Å². The second-order valence-corrected chi connectivity index (χ2v) is 5.61. The summed E-state index contributed by atoms with van der Waals surface area (Å²) in [5, 5.41) is 8.79. The second-order valence-electron chi connectivity index (χ2n) is 5.61. The van der Waals surface area contributed by atoms with E-state index in [0.29, 0.717) is 0 Å². The summed E-state index contributed by atoms with van der Waals surface area (Å²) >= 11 is 0. The van der Waals surface area contributed by atoms with Gasteiger partial charge in [-0.2, -0.15) is 0 Å². The largest absolute Gasteiger partial charge is 0.381 e. The van der Waals surface area contributed by atoms with Crippen molar-refractivity contribution >= 4 is 5.69 Å². The molecule has 0 bridgehead atoms. The molecule has 3 rings (SSSR count). The van der Waals surface area contributed by atoms with Gasteiger partial charge in [-0.15, -0.1) is 0 Å². The van der Waals surface area contributed by atoms with Crippen molar-refractivity contribution in [1.29, 1.82) is 0 Å². The lowest BCUT2D eigenvalue weighted by molar-refractivity contribution is 0.0239. The van der Waals surface area contributed by atoms with E-state index in [4.69, 9.17) is 9.94 Å². The summed E-state index contributed by atoms with van der Waals surface area (Å²) in [6.45, 7) is 1.92. The monoisotopic (exact) mass is 247 g/mol. The zero-order chi connectivity index (χ0) is 12.4. The van der Waals surface area contributed by atoms with Crippen LogP contribution in [0.2, 0.25) is 0 Å². The first kappa shape index (κ1) is 12.0. The summed E-state index contributed by atoms with van der Waals surface area (Å²) in [5.41, 5.74) is 4.35. The molecule has 0 radical (unpaired) electrons. The molecule has 0 amide bonds. The predicted molar refractivity (Wildman–Crippen MR) is 70.9 cm³/mol. The molecule has 3 heteroatoms. The van der Waals surface area contributed by atoms with E-state index in [2.05, 4.69) is 17.6 Å². The minimum Gasteiger partial charge on any atom is -0.381 e. The number of benzene rings is 1. The minimum absolute atomic E-state index is 0.727. The molecule has 2 fully saturated rings. The molecule has 18 heavy (non-hydrogen) atoms. The standard InChI is InChI=1S/C15H21NO2/c17-16-15-3-1-11(2-4-15)13-9-14(10-13)12-5-7-18-8-6-12/h1-4,12-14,16-17H,5-10H2. The maximum atomic E-state index is 8.79. The highest BCUT2D eigenvalue weighted by Gasteiger charge is 2.36. The Bertz CT molecular complexity index is 378. The van der Waals surface area contributed by atoms with Crippen molar-refractivity contribution in [3.63, 3.8) is 0 Å². The smallest absolute Gasteiger partial charge is 0.0602 e. The predicted octanol–water partition coefficient (Wildman–Crippen LogP) is 3.41. The van der Waals surface area contributed by atoms with Crippen LogP contribution in [-0.4, -0.2) is 18.4 Å². The van der Waals surface area contributed by atoms with Gasteiger partial charge in [-0.25, -0.2) is 0 Å². The van der Waals surface area contributed by atoms with Gasteiger partial charge < -0.3 is 4.74 Å². The maximum Gasteiger partial charge on any atom is 0.0602 e. The molecule has 1 saturated carbocycles. The lowest BCUT2D eigenvalue weighted by Crippen LogP contribution is -2.32. The molecule has 0 aromatic heterocycles. The first-order valence-electron chi connectivity index (χ1n) is 6.94. The van der Waals surface area contributed by atoms with Gasteiger partial charge in [0, 0.05) is 13.2 Å². The summed E-state index contributed by atoms with van der Waals surface area (Å²) in [6.07, 6.45) is 5.17. The van der Waals surface area contributed by atoms with Gasteiger partial charge in [0.1, 0.15) is 0 Å². The van der Waals surface area contributed by atoms with E-state index >= 15 is 0 Å². The maximum absolute atomic E-state index is 8.79. The lowest BCUT2D eigenvalue weighted by Gasteiger charge is -2.42. The molecule has 0 spiro atoms. The van der Waals surface area contributed by atoms with E-state index in [1.807, 2.05) is 12.1 Å². The van der Waals surface area contributed by atoms with Gasteiger partial charge in [-0.3, -0.25) is 10.7 Å². The van der Waals surface area contributed by atoms with Gasteiger partial charge in [-0.05, 0) is 61.1 Å². The topological polar surface area (TPSA) is 41.5 Å². The first-order chi connectivity index (χ1) is 8.86. The number of nitrogens with one attached hydrogen (secondary N) is 1. The van der Waals surface area contributed by atoms with Crippen molar-refractivity contribution in [3.05, 3.63) is 29.8 Å². The van der Waals surface area contributed by atoms with Crippen LogP contribution in [0.25, 0.3) is 0 Å². The molecule has 1 aliphatic heterocycles. The van der Waals surface area contributed by atoms with Gasteiger partial charge >= 0.3 is 0 Å². The van der Waals surface area contributed by atoms with Crippen LogP contribution in [0.3, 0.4) is 0 Å². The molecule has 98 valence electrons. The first-order valence-corrected chi connectivity index (χ1v) is 6.94. The highest BCUT2D eigenvalue weighted by molar-refractivity contribution is 5.43. The summed E-state index contributed by atoms with van der Waals surface area (Å²) < 4.78 is 5.42. The van der Waals surface area contributed by atoms with E-state index in [1.165, 1.54) is 31.2 Å². The van der Waals surface area contributed by atoms with Gasteiger partial charge in [0.15, 0.2) is 0 Å². The van der Waals surface area contributed by atoms with Gasteiger partial charge in [0.05, 0.1) is 5.69 Å². The van der Waals surface area contributed by atoms with Gasteiger partial charge in [-0.1, -0.05) is 12.1 Å². The fourth-order valence-corrected chi connectivity index (χ4v) is 3.34. The third-order valence-electron chi connectivity index (χ3n) is 4.62. The Morgan fingerprint density at radius 3 is 2.28 bits per heavy atom. The van der Waals surface area contributed by atoms with E-state index in [0.717, 1.165) is 36.7 Å². The molecule has 1 heterocycles. The fourth-order valence-electron chi connectivity index (χ4n) is 3.34. The summed E-state index contributed by atoms with van der Waals surface area (Å²) in [4.78, 5) is 0. The molecule has 2 N–H and O–H groups in total. The molecule has 3 nitrogen and oxygen atoms in total. The third-order valence-corrected chi connectivity index (χ3v) is 4.62. The summed E-state index contributed by atoms with van der Waals surface area (Å²) in [5.74, 6) is 2.54. The molecular formula is C15H21NO2. The van der Waals surface area contributed by atoms with Crippen LogP contribution < -0.4 is 5.48 Å².